The lowest BCUT2D eigenvalue weighted by molar-refractivity contribution is 0.355. The summed E-state index contributed by atoms with van der Waals surface area (Å²) in [4.78, 5) is 2.71. The van der Waals surface area contributed by atoms with Crippen molar-refractivity contribution in [1.82, 2.24) is 0 Å². The van der Waals surface area contributed by atoms with Gasteiger partial charge in [-0.25, -0.2) is 0 Å². The topological polar surface area (TPSA) is 30.5 Å². The van der Waals surface area contributed by atoms with Gasteiger partial charge in [-0.15, -0.1) is 11.3 Å². The molecule has 4 heteroatoms. The molecule has 0 saturated heterocycles. The fourth-order valence-corrected chi connectivity index (χ4v) is 3.55. The average Bonchev–Trinajstić information content (AvgIpc) is 2.79. The molecule has 0 bridgehead atoms. The molecular weight excluding hydrogens is 282 g/mol. The zero-order valence-corrected chi connectivity index (χ0v) is 14.4. The Labute approximate surface area is 130 Å². The van der Waals surface area contributed by atoms with E-state index in [1.165, 1.54) is 15.3 Å². The smallest absolute Gasteiger partial charge is 0.162 e. The van der Waals surface area contributed by atoms with Crippen LogP contribution in [0.1, 0.15) is 33.8 Å². The van der Waals surface area contributed by atoms with Crippen LogP contribution in [0.4, 0.5) is 5.69 Å². The number of anilines is 1. The number of hydrogen-bond acceptors (Lipinski definition) is 4. The second-order valence-electron chi connectivity index (χ2n) is 5.26. The van der Waals surface area contributed by atoms with E-state index in [0.29, 0.717) is 0 Å². The largest absolute Gasteiger partial charge is 0.493 e. The summed E-state index contributed by atoms with van der Waals surface area (Å²) in [5.41, 5.74) is 3.57. The third kappa shape index (κ3) is 3.32. The van der Waals surface area contributed by atoms with Crippen LogP contribution >= 0.6 is 11.3 Å². The first kappa shape index (κ1) is 15.7. The number of hydrogen-bond donors (Lipinski definition) is 1. The molecule has 1 aromatic carbocycles. The molecule has 0 fully saturated rings. The predicted octanol–water partition coefficient (Wildman–Crippen LogP) is 4.86. The number of ether oxygens (including phenoxy) is 2. The molecule has 1 atom stereocenters. The van der Waals surface area contributed by atoms with Crippen LogP contribution in [0.15, 0.2) is 18.2 Å². The van der Waals surface area contributed by atoms with E-state index < -0.39 is 0 Å². The molecule has 0 radical (unpaired) electrons. The van der Waals surface area contributed by atoms with Crippen LogP contribution in [0.25, 0.3) is 0 Å². The van der Waals surface area contributed by atoms with Crippen molar-refractivity contribution in [1.29, 1.82) is 0 Å². The van der Waals surface area contributed by atoms with Gasteiger partial charge in [-0.2, -0.15) is 0 Å². The Morgan fingerprint density at radius 3 is 2.14 bits per heavy atom. The van der Waals surface area contributed by atoms with Gasteiger partial charge in [0, 0.05) is 27.5 Å². The van der Waals surface area contributed by atoms with E-state index in [0.717, 1.165) is 22.7 Å². The van der Waals surface area contributed by atoms with Crippen molar-refractivity contribution < 1.29 is 9.47 Å². The molecule has 0 aliphatic rings. The standard InChI is InChI=1S/C17H23NO2S/c1-10-7-16(19-5)17(20-6)9-15(10)18-12(3)14-8-11(2)21-13(14)4/h7-9,12,18H,1-6H3. The van der Waals surface area contributed by atoms with Gasteiger partial charge in [0.05, 0.1) is 14.2 Å². The van der Waals surface area contributed by atoms with E-state index in [2.05, 4.69) is 39.1 Å². The van der Waals surface area contributed by atoms with E-state index in [1.807, 2.05) is 23.5 Å². The summed E-state index contributed by atoms with van der Waals surface area (Å²) in [6.45, 7) is 8.58. The van der Waals surface area contributed by atoms with Crippen LogP contribution in [0, 0.1) is 20.8 Å². The van der Waals surface area contributed by atoms with Gasteiger partial charge < -0.3 is 14.8 Å². The van der Waals surface area contributed by atoms with Gasteiger partial charge in [0.15, 0.2) is 11.5 Å². The van der Waals surface area contributed by atoms with Gasteiger partial charge in [-0.1, -0.05) is 0 Å². The Balaban J connectivity index is 2.28. The summed E-state index contributed by atoms with van der Waals surface area (Å²) in [5, 5.41) is 3.58. The first-order chi connectivity index (χ1) is 9.96. The summed E-state index contributed by atoms with van der Waals surface area (Å²) in [6.07, 6.45) is 0. The lowest BCUT2D eigenvalue weighted by atomic mass is 10.1. The quantitative estimate of drug-likeness (QED) is 0.855. The van der Waals surface area contributed by atoms with Gasteiger partial charge in [-0.05, 0) is 51.0 Å². The van der Waals surface area contributed by atoms with Crippen LogP contribution in [0.5, 0.6) is 11.5 Å². The highest BCUT2D eigenvalue weighted by Crippen LogP contribution is 2.35. The van der Waals surface area contributed by atoms with Crippen molar-refractivity contribution in [2.45, 2.75) is 33.7 Å². The molecule has 2 rings (SSSR count). The van der Waals surface area contributed by atoms with Crippen LogP contribution in [-0.4, -0.2) is 14.2 Å². The van der Waals surface area contributed by atoms with Gasteiger partial charge in [0.1, 0.15) is 0 Å². The Morgan fingerprint density at radius 1 is 1.00 bits per heavy atom. The second-order valence-corrected chi connectivity index (χ2v) is 6.72. The average molecular weight is 305 g/mol. The molecule has 0 aliphatic heterocycles. The molecule has 1 aromatic heterocycles. The highest BCUT2D eigenvalue weighted by molar-refractivity contribution is 7.12. The predicted molar refractivity (Wildman–Crippen MR) is 90.1 cm³/mol. The number of aryl methyl sites for hydroxylation is 3. The van der Waals surface area contributed by atoms with Gasteiger partial charge in [-0.3, -0.25) is 0 Å². The monoisotopic (exact) mass is 305 g/mol. The van der Waals surface area contributed by atoms with E-state index in [-0.39, 0.29) is 6.04 Å². The molecule has 1 unspecified atom stereocenters. The third-order valence-corrected chi connectivity index (χ3v) is 4.63. The molecule has 1 N–H and O–H groups in total. The second kappa shape index (κ2) is 6.39. The van der Waals surface area contributed by atoms with E-state index >= 15 is 0 Å². The zero-order valence-electron chi connectivity index (χ0n) is 13.5. The number of thiophene rings is 1. The molecule has 21 heavy (non-hydrogen) atoms. The number of nitrogens with one attached hydrogen (secondary N) is 1. The lowest BCUT2D eigenvalue weighted by Gasteiger charge is -2.19. The highest BCUT2D eigenvalue weighted by Gasteiger charge is 2.14. The molecule has 3 nitrogen and oxygen atoms in total. The van der Waals surface area contributed by atoms with Gasteiger partial charge in [0.2, 0.25) is 0 Å². The lowest BCUT2D eigenvalue weighted by Crippen LogP contribution is -2.08. The molecule has 114 valence electrons. The molecule has 0 aliphatic carbocycles. The maximum atomic E-state index is 5.38. The minimum atomic E-state index is 0.256. The van der Waals surface area contributed by atoms with Crippen molar-refractivity contribution in [2.75, 3.05) is 19.5 Å². The Hall–Kier alpha value is -1.68. The summed E-state index contributed by atoms with van der Waals surface area (Å²) in [6, 6.07) is 6.51. The molecular formula is C17H23NO2S. The number of rotatable bonds is 5. The number of benzene rings is 1. The van der Waals surface area contributed by atoms with Crippen molar-refractivity contribution in [3.63, 3.8) is 0 Å². The fraction of sp³-hybridized carbons (Fsp3) is 0.412. The van der Waals surface area contributed by atoms with Crippen LogP contribution in [0.2, 0.25) is 0 Å². The minimum Gasteiger partial charge on any atom is -0.493 e. The van der Waals surface area contributed by atoms with Crippen molar-refractivity contribution in [3.05, 3.63) is 39.1 Å². The molecule has 0 spiro atoms. The van der Waals surface area contributed by atoms with Crippen LogP contribution in [-0.2, 0) is 0 Å². The Morgan fingerprint density at radius 2 is 1.62 bits per heavy atom. The van der Waals surface area contributed by atoms with Gasteiger partial charge >= 0.3 is 0 Å². The molecule has 1 heterocycles. The summed E-state index contributed by atoms with van der Waals surface area (Å²) < 4.78 is 10.7. The minimum absolute atomic E-state index is 0.256. The fourth-order valence-electron chi connectivity index (χ4n) is 2.53. The third-order valence-electron chi connectivity index (χ3n) is 3.65. The molecule has 0 saturated carbocycles. The van der Waals surface area contributed by atoms with E-state index in [4.69, 9.17) is 9.47 Å². The molecule has 0 amide bonds. The normalized spacial score (nSPS) is 12.1. The van der Waals surface area contributed by atoms with Crippen LogP contribution < -0.4 is 14.8 Å². The zero-order chi connectivity index (χ0) is 15.6. The number of methoxy groups -OCH3 is 2. The van der Waals surface area contributed by atoms with Gasteiger partial charge in [0.25, 0.3) is 0 Å². The maximum Gasteiger partial charge on any atom is 0.162 e. The Bertz CT molecular complexity index is 634. The first-order valence-corrected chi connectivity index (χ1v) is 7.84. The van der Waals surface area contributed by atoms with E-state index in [1.54, 1.807) is 14.2 Å². The van der Waals surface area contributed by atoms with Crippen molar-refractivity contribution >= 4 is 17.0 Å². The Kier molecular flexibility index (Phi) is 4.78. The SMILES string of the molecule is COc1cc(C)c(NC(C)c2cc(C)sc2C)cc1OC. The van der Waals surface area contributed by atoms with Crippen LogP contribution in [0.3, 0.4) is 0 Å². The summed E-state index contributed by atoms with van der Waals surface area (Å²) in [5.74, 6) is 1.51. The van der Waals surface area contributed by atoms with Crippen molar-refractivity contribution in [3.8, 4) is 11.5 Å². The highest BCUT2D eigenvalue weighted by atomic mass is 32.1. The molecule has 2 aromatic rings. The maximum absolute atomic E-state index is 5.38. The summed E-state index contributed by atoms with van der Waals surface area (Å²) in [7, 11) is 3.32. The van der Waals surface area contributed by atoms with Crippen molar-refractivity contribution in [2.24, 2.45) is 0 Å². The van der Waals surface area contributed by atoms with E-state index in [9.17, 15) is 0 Å². The summed E-state index contributed by atoms with van der Waals surface area (Å²) >= 11 is 1.84. The first-order valence-electron chi connectivity index (χ1n) is 7.02.